The Morgan fingerprint density at radius 2 is 2.19 bits per heavy atom. The smallest absolute Gasteiger partial charge is 0.0901 e. The second-order valence-corrected chi connectivity index (χ2v) is 5.27. The molecule has 0 aromatic carbocycles. The minimum Gasteiger partial charge on any atom is -0.388 e. The van der Waals surface area contributed by atoms with Crippen LogP contribution in [-0.4, -0.2) is 16.2 Å². The fourth-order valence-corrected chi connectivity index (χ4v) is 1.88. The lowest BCUT2D eigenvalue weighted by Gasteiger charge is -2.08. The third-order valence-corrected chi connectivity index (χ3v) is 3.08. The van der Waals surface area contributed by atoms with Crippen LogP contribution in [0.2, 0.25) is 0 Å². The fraction of sp³-hybridized carbons (Fsp3) is 0.462. The van der Waals surface area contributed by atoms with Gasteiger partial charge in [-0.25, -0.2) is 4.98 Å². The van der Waals surface area contributed by atoms with E-state index < -0.39 is 6.10 Å². The Morgan fingerprint density at radius 3 is 2.69 bits per heavy atom. The van der Waals surface area contributed by atoms with Crippen molar-refractivity contribution in [2.24, 2.45) is 0 Å². The first-order valence-corrected chi connectivity index (χ1v) is 6.28. The molecule has 0 aliphatic heterocycles. The highest BCUT2D eigenvalue weighted by Crippen LogP contribution is 2.15. The van der Waals surface area contributed by atoms with Gasteiger partial charge in [0.2, 0.25) is 0 Å². The Hall–Kier alpha value is -0.930. The Kier molecular flexibility index (Phi) is 4.90. The zero-order chi connectivity index (χ0) is 12.1. The van der Waals surface area contributed by atoms with Crippen molar-refractivity contribution >= 4 is 17.4 Å². The standard InChI is InChI=1S/C13H19NOS/c1-9(2)5-6-13(15)10(3)7-12-8-16-11(4)14-12/h5,7-8,13,15H,6H2,1-4H3/b10-7+/t13-/m0/s1. The summed E-state index contributed by atoms with van der Waals surface area (Å²) < 4.78 is 0. The van der Waals surface area contributed by atoms with Gasteiger partial charge in [0.25, 0.3) is 0 Å². The number of hydrogen-bond donors (Lipinski definition) is 1. The third kappa shape index (κ3) is 4.29. The molecule has 0 unspecified atom stereocenters. The van der Waals surface area contributed by atoms with E-state index in [9.17, 15) is 5.11 Å². The molecule has 0 spiro atoms. The first-order chi connectivity index (χ1) is 7.49. The zero-order valence-electron chi connectivity index (χ0n) is 10.3. The van der Waals surface area contributed by atoms with E-state index in [1.807, 2.05) is 45.2 Å². The molecule has 0 fully saturated rings. The summed E-state index contributed by atoms with van der Waals surface area (Å²) in [7, 11) is 0. The van der Waals surface area contributed by atoms with Crippen LogP contribution in [0.4, 0.5) is 0 Å². The number of aryl methyl sites for hydroxylation is 1. The topological polar surface area (TPSA) is 33.1 Å². The maximum atomic E-state index is 9.90. The van der Waals surface area contributed by atoms with Crippen LogP contribution in [0.3, 0.4) is 0 Å². The zero-order valence-corrected chi connectivity index (χ0v) is 11.1. The fourth-order valence-electron chi connectivity index (χ4n) is 1.31. The van der Waals surface area contributed by atoms with Crippen molar-refractivity contribution in [1.29, 1.82) is 0 Å². The quantitative estimate of drug-likeness (QED) is 0.812. The summed E-state index contributed by atoms with van der Waals surface area (Å²) in [5, 5.41) is 13.0. The van der Waals surface area contributed by atoms with Gasteiger partial charge in [0, 0.05) is 5.38 Å². The molecule has 0 aliphatic carbocycles. The molecule has 1 rings (SSSR count). The number of rotatable bonds is 4. The molecule has 16 heavy (non-hydrogen) atoms. The maximum Gasteiger partial charge on any atom is 0.0901 e. The van der Waals surface area contributed by atoms with Gasteiger partial charge in [0.1, 0.15) is 0 Å². The van der Waals surface area contributed by atoms with E-state index >= 15 is 0 Å². The molecule has 3 heteroatoms. The predicted octanol–water partition coefficient (Wildman–Crippen LogP) is 3.57. The van der Waals surface area contributed by atoms with Gasteiger partial charge in [-0.2, -0.15) is 0 Å². The third-order valence-electron chi connectivity index (χ3n) is 2.29. The Morgan fingerprint density at radius 1 is 1.50 bits per heavy atom. The molecule has 1 atom stereocenters. The first-order valence-electron chi connectivity index (χ1n) is 5.41. The van der Waals surface area contributed by atoms with Crippen molar-refractivity contribution < 1.29 is 5.11 Å². The van der Waals surface area contributed by atoms with Gasteiger partial charge < -0.3 is 5.11 Å². The molecule has 1 aromatic heterocycles. The lowest BCUT2D eigenvalue weighted by molar-refractivity contribution is 0.215. The van der Waals surface area contributed by atoms with Crippen LogP contribution in [0.5, 0.6) is 0 Å². The van der Waals surface area contributed by atoms with Crippen molar-refractivity contribution in [3.63, 3.8) is 0 Å². The largest absolute Gasteiger partial charge is 0.388 e. The number of aliphatic hydroxyl groups is 1. The summed E-state index contributed by atoms with van der Waals surface area (Å²) in [4.78, 5) is 4.34. The summed E-state index contributed by atoms with van der Waals surface area (Å²) in [5.74, 6) is 0. The van der Waals surface area contributed by atoms with Gasteiger partial charge in [-0.3, -0.25) is 0 Å². The Labute approximate surface area is 101 Å². The van der Waals surface area contributed by atoms with Gasteiger partial charge in [-0.05, 0) is 45.8 Å². The predicted molar refractivity (Wildman–Crippen MR) is 70.6 cm³/mol. The minimum atomic E-state index is -0.406. The SMILES string of the molecule is CC(C)=CC[C@H](O)/C(C)=C/c1csc(C)n1. The van der Waals surface area contributed by atoms with Gasteiger partial charge >= 0.3 is 0 Å². The summed E-state index contributed by atoms with van der Waals surface area (Å²) in [6.07, 6.45) is 4.27. The molecule has 1 heterocycles. The van der Waals surface area contributed by atoms with Crippen LogP contribution in [0.15, 0.2) is 22.6 Å². The van der Waals surface area contributed by atoms with Crippen LogP contribution in [0.1, 0.15) is 37.9 Å². The van der Waals surface area contributed by atoms with E-state index in [0.717, 1.165) is 16.3 Å². The van der Waals surface area contributed by atoms with Crippen molar-refractivity contribution in [3.05, 3.63) is 33.3 Å². The number of aromatic nitrogens is 1. The van der Waals surface area contributed by atoms with Crippen LogP contribution in [-0.2, 0) is 0 Å². The van der Waals surface area contributed by atoms with Crippen molar-refractivity contribution in [1.82, 2.24) is 4.98 Å². The second-order valence-electron chi connectivity index (χ2n) is 4.21. The molecule has 2 nitrogen and oxygen atoms in total. The van der Waals surface area contributed by atoms with Crippen molar-refractivity contribution in [3.8, 4) is 0 Å². The van der Waals surface area contributed by atoms with E-state index in [1.165, 1.54) is 5.57 Å². The van der Waals surface area contributed by atoms with Crippen LogP contribution >= 0.6 is 11.3 Å². The minimum absolute atomic E-state index is 0.406. The van der Waals surface area contributed by atoms with Gasteiger partial charge in [0.15, 0.2) is 0 Å². The molecule has 0 saturated carbocycles. The first kappa shape index (κ1) is 13.1. The second kappa shape index (κ2) is 5.97. The Bertz CT molecular complexity index is 400. The van der Waals surface area contributed by atoms with Crippen molar-refractivity contribution in [2.75, 3.05) is 0 Å². The number of thiazole rings is 1. The molecule has 0 saturated heterocycles. The van der Waals surface area contributed by atoms with Crippen LogP contribution in [0, 0.1) is 6.92 Å². The monoisotopic (exact) mass is 237 g/mol. The lowest BCUT2D eigenvalue weighted by atomic mass is 10.1. The average Bonchev–Trinajstić information content (AvgIpc) is 2.60. The summed E-state index contributed by atoms with van der Waals surface area (Å²) >= 11 is 1.63. The highest BCUT2D eigenvalue weighted by atomic mass is 32.1. The van der Waals surface area contributed by atoms with Gasteiger partial charge in [0.05, 0.1) is 16.8 Å². The molecule has 0 radical (unpaired) electrons. The highest BCUT2D eigenvalue weighted by Gasteiger charge is 2.05. The van der Waals surface area contributed by atoms with Gasteiger partial charge in [-0.1, -0.05) is 11.6 Å². The van der Waals surface area contributed by atoms with Crippen LogP contribution in [0.25, 0.3) is 6.08 Å². The van der Waals surface area contributed by atoms with E-state index in [1.54, 1.807) is 11.3 Å². The molecular formula is C13H19NOS. The molecule has 0 aliphatic rings. The summed E-state index contributed by atoms with van der Waals surface area (Å²) in [6, 6.07) is 0. The van der Waals surface area contributed by atoms with Crippen molar-refractivity contribution in [2.45, 2.75) is 40.2 Å². The molecular weight excluding hydrogens is 218 g/mol. The highest BCUT2D eigenvalue weighted by molar-refractivity contribution is 7.09. The normalized spacial score (nSPS) is 13.7. The molecule has 1 aromatic rings. The lowest BCUT2D eigenvalue weighted by Crippen LogP contribution is -2.06. The van der Waals surface area contributed by atoms with E-state index in [2.05, 4.69) is 4.98 Å². The van der Waals surface area contributed by atoms with E-state index in [4.69, 9.17) is 0 Å². The number of hydrogen-bond acceptors (Lipinski definition) is 3. The molecule has 0 amide bonds. The maximum absolute atomic E-state index is 9.90. The Balaban J connectivity index is 2.66. The summed E-state index contributed by atoms with van der Waals surface area (Å²) in [5.41, 5.74) is 3.13. The number of aliphatic hydroxyl groups excluding tert-OH is 1. The number of allylic oxidation sites excluding steroid dienone is 1. The molecule has 88 valence electrons. The molecule has 1 N–H and O–H groups in total. The van der Waals surface area contributed by atoms with Gasteiger partial charge in [-0.15, -0.1) is 11.3 Å². The van der Waals surface area contributed by atoms with E-state index in [0.29, 0.717) is 6.42 Å². The average molecular weight is 237 g/mol. The summed E-state index contributed by atoms with van der Waals surface area (Å²) in [6.45, 7) is 8.00. The van der Waals surface area contributed by atoms with E-state index in [-0.39, 0.29) is 0 Å². The molecule has 0 bridgehead atoms. The van der Waals surface area contributed by atoms with Crippen LogP contribution < -0.4 is 0 Å². The number of nitrogens with zero attached hydrogens (tertiary/aromatic N) is 1.